The normalized spacial score (nSPS) is 10.0. The summed E-state index contributed by atoms with van der Waals surface area (Å²) in [5, 5.41) is 11.2. The molecule has 5 heteroatoms. The Hall–Kier alpha value is -1.23. The molecule has 1 rings (SSSR count). The highest BCUT2D eigenvalue weighted by atomic mass is 79.9. The van der Waals surface area contributed by atoms with Crippen LogP contribution in [0.1, 0.15) is 22.3 Å². The summed E-state index contributed by atoms with van der Waals surface area (Å²) >= 11 is 3.15. The fraction of sp³-hybridized carbons (Fsp3) is 0.300. The van der Waals surface area contributed by atoms with Gasteiger partial charge in [0, 0.05) is 28.9 Å². The first kappa shape index (κ1) is 11.8. The number of rotatable bonds is 4. The molecule has 15 heavy (non-hydrogen) atoms. The first-order chi connectivity index (χ1) is 7.06. The second-order valence-electron chi connectivity index (χ2n) is 3.12. The van der Waals surface area contributed by atoms with Crippen molar-refractivity contribution in [1.82, 2.24) is 0 Å². The van der Waals surface area contributed by atoms with E-state index < -0.39 is 4.92 Å². The number of ketones is 1. The average molecular weight is 272 g/mol. The molecule has 0 atom stereocenters. The minimum atomic E-state index is -0.472. The van der Waals surface area contributed by atoms with Gasteiger partial charge in [0.2, 0.25) is 0 Å². The van der Waals surface area contributed by atoms with Crippen LogP contribution in [0.25, 0.3) is 0 Å². The van der Waals surface area contributed by atoms with E-state index in [2.05, 4.69) is 15.9 Å². The van der Waals surface area contributed by atoms with Crippen LogP contribution in [0.3, 0.4) is 0 Å². The van der Waals surface area contributed by atoms with Crippen LogP contribution in [0, 0.1) is 17.0 Å². The molecule has 0 aliphatic rings. The Labute approximate surface area is 95.6 Å². The fourth-order valence-electron chi connectivity index (χ4n) is 1.21. The fourth-order valence-corrected chi connectivity index (χ4v) is 1.57. The van der Waals surface area contributed by atoms with Crippen LogP contribution >= 0.6 is 15.9 Å². The van der Waals surface area contributed by atoms with Crippen molar-refractivity contribution in [2.45, 2.75) is 13.3 Å². The molecule has 80 valence electrons. The maximum absolute atomic E-state index is 11.5. The van der Waals surface area contributed by atoms with Gasteiger partial charge in [0.25, 0.3) is 5.69 Å². The monoisotopic (exact) mass is 271 g/mol. The van der Waals surface area contributed by atoms with Crippen LogP contribution in [-0.2, 0) is 0 Å². The number of alkyl halides is 1. The summed E-state index contributed by atoms with van der Waals surface area (Å²) in [6.45, 7) is 1.65. The Morgan fingerprint density at radius 2 is 2.20 bits per heavy atom. The van der Waals surface area contributed by atoms with E-state index >= 15 is 0 Å². The molecule has 0 amide bonds. The third-order valence-electron chi connectivity index (χ3n) is 2.05. The molecule has 0 spiro atoms. The molecule has 0 N–H and O–H groups in total. The topological polar surface area (TPSA) is 60.2 Å². The van der Waals surface area contributed by atoms with Crippen LogP contribution < -0.4 is 0 Å². The van der Waals surface area contributed by atoms with Gasteiger partial charge in [0.15, 0.2) is 5.78 Å². The van der Waals surface area contributed by atoms with E-state index in [1.54, 1.807) is 19.1 Å². The second-order valence-corrected chi connectivity index (χ2v) is 3.91. The summed E-state index contributed by atoms with van der Waals surface area (Å²) in [4.78, 5) is 21.6. The molecule has 4 nitrogen and oxygen atoms in total. The Kier molecular flexibility index (Phi) is 3.96. The Bertz CT molecular complexity index is 404. The van der Waals surface area contributed by atoms with E-state index in [1.165, 1.54) is 6.07 Å². The third-order valence-corrected chi connectivity index (χ3v) is 2.45. The summed E-state index contributed by atoms with van der Waals surface area (Å²) in [7, 11) is 0. The van der Waals surface area contributed by atoms with Crippen molar-refractivity contribution in [2.24, 2.45) is 0 Å². The molecule has 0 bridgehead atoms. The Morgan fingerprint density at radius 1 is 1.53 bits per heavy atom. The van der Waals surface area contributed by atoms with Gasteiger partial charge in [-0.25, -0.2) is 0 Å². The highest BCUT2D eigenvalue weighted by Crippen LogP contribution is 2.20. The summed E-state index contributed by atoms with van der Waals surface area (Å²) in [6.07, 6.45) is 0.347. The van der Waals surface area contributed by atoms with Crippen LogP contribution in [0.5, 0.6) is 0 Å². The molecule has 0 aliphatic carbocycles. The minimum absolute atomic E-state index is 0.00424. The van der Waals surface area contributed by atoms with Crippen molar-refractivity contribution in [2.75, 3.05) is 5.33 Å². The number of Topliss-reactive ketones (excluding diaryl/α,β-unsaturated/α-hetero) is 1. The highest BCUT2D eigenvalue weighted by Gasteiger charge is 2.14. The van der Waals surface area contributed by atoms with E-state index in [4.69, 9.17) is 0 Å². The van der Waals surface area contributed by atoms with Gasteiger partial charge in [-0.15, -0.1) is 0 Å². The van der Waals surface area contributed by atoms with E-state index in [0.717, 1.165) is 0 Å². The van der Waals surface area contributed by atoms with Gasteiger partial charge < -0.3 is 0 Å². The smallest absolute Gasteiger partial charge is 0.273 e. The van der Waals surface area contributed by atoms with Gasteiger partial charge in [-0.3, -0.25) is 14.9 Å². The number of halogens is 1. The molecule has 0 unspecified atom stereocenters. The number of carbonyl (C=O) groups excluding carboxylic acids is 1. The first-order valence-electron chi connectivity index (χ1n) is 4.40. The zero-order chi connectivity index (χ0) is 11.4. The summed E-state index contributed by atoms with van der Waals surface area (Å²) < 4.78 is 0. The highest BCUT2D eigenvalue weighted by molar-refractivity contribution is 9.09. The maximum Gasteiger partial charge on any atom is 0.273 e. The SMILES string of the molecule is Cc1ccc(C(=O)CCBr)cc1[N+](=O)[O-]. The molecule has 0 saturated carbocycles. The standard InChI is InChI=1S/C10H10BrNO3/c1-7-2-3-8(10(13)4-5-11)6-9(7)12(14)15/h2-3,6H,4-5H2,1H3. The van der Waals surface area contributed by atoms with Crippen molar-refractivity contribution >= 4 is 27.4 Å². The van der Waals surface area contributed by atoms with Gasteiger partial charge in [-0.05, 0) is 6.92 Å². The van der Waals surface area contributed by atoms with Gasteiger partial charge in [0.05, 0.1) is 4.92 Å². The molecule has 0 heterocycles. The number of carbonyl (C=O) groups is 1. The van der Waals surface area contributed by atoms with Gasteiger partial charge >= 0.3 is 0 Å². The Morgan fingerprint density at radius 3 is 2.73 bits per heavy atom. The summed E-state index contributed by atoms with van der Waals surface area (Å²) in [5.41, 5.74) is 0.956. The number of hydrogen-bond acceptors (Lipinski definition) is 3. The van der Waals surface area contributed by atoms with Crippen LogP contribution in [0.15, 0.2) is 18.2 Å². The average Bonchev–Trinajstić information content (AvgIpc) is 2.18. The number of benzene rings is 1. The lowest BCUT2D eigenvalue weighted by atomic mass is 10.1. The van der Waals surface area contributed by atoms with Crippen molar-refractivity contribution < 1.29 is 9.72 Å². The predicted molar refractivity (Wildman–Crippen MR) is 60.6 cm³/mol. The van der Waals surface area contributed by atoms with Gasteiger partial charge in [-0.1, -0.05) is 28.1 Å². The predicted octanol–water partition coefficient (Wildman–Crippen LogP) is 2.87. The molecular formula is C10H10BrNO3. The lowest BCUT2D eigenvalue weighted by Crippen LogP contribution is -2.01. The molecule has 0 radical (unpaired) electrons. The molecular weight excluding hydrogens is 262 g/mol. The number of nitro benzene ring substituents is 1. The molecule has 0 aliphatic heterocycles. The zero-order valence-corrected chi connectivity index (χ0v) is 9.78. The lowest BCUT2D eigenvalue weighted by Gasteiger charge is -2.01. The summed E-state index contributed by atoms with van der Waals surface area (Å²) in [5.74, 6) is -0.0880. The van der Waals surface area contributed by atoms with E-state index in [0.29, 0.717) is 22.9 Å². The van der Waals surface area contributed by atoms with Gasteiger partial charge in [0.1, 0.15) is 0 Å². The van der Waals surface area contributed by atoms with Gasteiger partial charge in [-0.2, -0.15) is 0 Å². The molecule has 0 saturated heterocycles. The molecule has 0 fully saturated rings. The zero-order valence-electron chi connectivity index (χ0n) is 8.20. The van der Waals surface area contributed by atoms with E-state index in [9.17, 15) is 14.9 Å². The van der Waals surface area contributed by atoms with E-state index in [1.807, 2.05) is 0 Å². The van der Waals surface area contributed by atoms with Crippen LogP contribution in [-0.4, -0.2) is 16.0 Å². The van der Waals surface area contributed by atoms with E-state index in [-0.39, 0.29) is 11.5 Å². The van der Waals surface area contributed by atoms with Crippen molar-refractivity contribution in [3.8, 4) is 0 Å². The van der Waals surface area contributed by atoms with Crippen molar-refractivity contribution in [3.63, 3.8) is 0 Å². The van der Waals surface area contributed by atoms with Crippen molar-refractivity contribution in [1.29, 1.82) is 0 Å². The Balaban J connectivity index is 3.07. The molecule has 0 aromatic heterocycles. The van der Waals surface area contributed by atoms with Crippen molar-refractivity contribution in [3.05, 3.63) is 39.4 Å². The quantitative estimate of drug-likeness (QED) is 0.366. The molecule has 1 aromatic carbocycles. The van der Waals surface area contributed by atoms with Crippen LogP contribution in [0.4, 0.5) is 5.69 Å². The number of hydrogen-bond donors (Lipinski definition) is 0. The summed E-state index contributed by atoms with van der Waals surface area (Å²) in [6, 6.07) is 4.55. The minimum Gasteiger partial charge on any atom is -0.294 e. The third kappa shape index (κ3) is 2.86. The first-order valence-corrected chi connectivity index (χ1v) is 5.52. The number of nitro groups is 1. The molecule has 1 aromatic rings. The largest absolute Gasteiger partial charge is 0.294 e. The maximum atomic E-state index is 11.5. The van der Waals surface area contributed by atoms with Crippen LogP contribution in [0.2, 0.25) is 0 Å². The second kappa shape index (κ2) is 5.02. The number of aryl methyl sites for hydroxylation is 1. The lowest BCUT2D eigenvalue weighted by molar-refractivity contribution is -0.385. The number of nitrogens with zero attached hydrogens (tertiary/aromatic N) is 1.